The van der Waals surface area contributed by atoms with Crippen LogP contribution in [-0.2, 0) is 6.54 Å². The molecule has 94 valence electrons. The summed E-state index contributed by atoms with van der Waals surface area (Å²) in [5, 5.41) is 3.63. The van der Waals surface area contributed by atoms with Gasteiger partial charge >= 0.3 is 0 Å². The molecule has 0 aliphatic carbocycles. The zero-order valence-electron chi connectivity index (χ0n) is 11.3. The lowest BCUT2D eigenvalue weighted by Crippen LogP contribution is -2.58. The Kier molecular flexibility index (Phi) is 3.85. The van der Waals surface area contributed by atoms with E-state index in [-0.39, 0.29) is 0 Å². The van der Waals surface area contributed by atoms with Crippen molar-refractivity contribution in [2.75, 3.05) is 19.6 Å². The van der Waals surface area contributed by atoms with Crippen LogP contribution in [0.3, 0.4) is 0 Å². The molecule has 0 bridgehead atoms. The summed E-state index contributed by atoms with van der Waals surface area (Å²) in [4.78, 5) is 2.56. The van der Waals surface area contributed by atoms with Gasteiger partial charge in [-0.1, -0.05) is 36.8 Å². The Labute approximate surface area is 105 Å². The van der Waals surface area contributed by atoms with Gasteiger partial charge in [0.2, 0.25) is 0 Å². The molecule has 0 saturated carbocycles. The Morgan fingerprint density at radius 2 is 2.00 bits per heavy atom. The topological polar surface area (TPSA) is 15.3 Å². The third-order valence-corrected chi connectivity index (χ3v) is 3.86. The summed E-state index contributed by atoms with van der Waals surface area (Å²) in [6.45, 7) is 11.2. The van der Waals surface area contributed by atoms with Crippen LogP contribution in [0.2, 0.25) is 0 Å². The van der Waals surface area contributed by atoms with Crippen molar-refractivity contribution in [3.8, 4) is 0 Å². The molecule has 1 aliphatic heterocycles. The van der Waals surface area contributed by atoms with E-state index in [9.17, 15) is 0 Å². The molecular weight excluding hydrogens is 208 g/mol. The fourth-order valence-corrected chi connectivity index (χ4v) is 2.47. The third kappa shape index (κ3) is 3.30. The highest BCUT2D eigenvalue weighted by molar-refractivity contribution is 5.21. The molecule has 17 heavy (non-hydrogen) atoms. The van der Waals surface area contributed by atoms with Crippen LogP contribution in [0.15, 0.2) is 24.3 Å². The zero-order chi connectivity index (χ0) is 12.3. The predicted molar refractivity (Wildman–Crippen MR) is 73.2 cm³/mol. The van der Waals surface area contributed by atoms with Crippen molar-refractivity contribution in [3.05, 3.63) is 35.4 Å². The maximum absolute atomic E-state index is 3.63. The summed E-state index contributed by atoms with van der Waals surface area (Å²) in [6.07, 6.45) is 1.19. The monoisotopic (exact) mass is 232 g/mol. The standard InChI is InChI=1S/C15H24N2/c1-4-15(3)12-17(10-9-16-15)11-14-7-5-13(2)6-8-14/h5-8,16H,4,9-12H2,1-3H3. The maximum atomic E-state index is 3.63. The van der Waals surface area contributed by atoms with E-state index in [0.717, 1.165) is 26.2 Å². The number of aryl methyl sites for hydroxylation is 1. The van der Waals surface area contributed by atoms with Gasteiger partial charge in [0, 0.05) is 31.7 Å². The highest BCUT2D eigenvalue weighted by Gasteiger charge is 2.28. The molecular formula is C15H24N2. The fourth-order valence-electron chi connectivity index (χ4n) is 2.47. The largest absolute Gasteiger partial charge is 0.309 e. The Morgan fingerprint density at radius 3 is 2.65 bits per heavy atom. The van der Waals surface area contributed by atoms with Gasteiger partial charge < -0.3 is 5.32 Å². The minimum Gasteiger partial charge on any atom is -0.309 e. The van der Waals surface area contributed by atoms with E-state index >= 15 is 0 Å². The van der Waals surface area contributed by atoms with Crippen LogP contribution in [0, 0.1) is 6.92 Å². The second-order valence-corrected chi connectivity index (χ2v) is 5.54. The summed E-state index contributed by atoms with van der Waals surface area (Å²) >= 11 is 0. The molecule has 1 saturated heterocycles. The second kappa shape index (κ2) is 5.19. The van der Waals surface area contributed by atoms with Gasteiger partial charge in [0.25, 0.3) is 0 Å². The number of rotatable bonds is 3. The highest BCUT2D eigenvalue weighted by Crippen LogP contribution is 2.17. The summed E-state index contributed by atoms with van der Waals surface area (Å²) in [5.41, 5.74) is 3.06. The second-order valence-electron chi connectivity index (χ2n) is 5.54. The summed E-state index contributed by atoms with van der Waals surface area (Å²) in [5.74, 6) is 0. The normalized spacial score (nSPS) is 26.1. The molecule has 0 amide bonds. The smallest absolute Gasteiger partial charge is 0.0278 e. The molecule has 1 aromatic carbocycles. The first-order chi connectivity index (χ1) is 8.11. The number of hydrogen-bond donors (Lipinski definition) is 1. The molecule has 1 N–H and O–H groups in total. The highest BCUT2D eigenvalue weighted by atomic mass is 15.2. The van der Waals surface area contributed by atoms with Crippen LogP contribution in [0.4, 0.5) is 0 Å². The fraction of sp³-hybridized carbons (Fsp3) is 0.600. The number of benzene rings is 1. The molecule has 2 nitrogen and oxygen atoms in total. The van der Waals surface area contributed by atoms with E-state index in [0.29, 0.717) is 5.54 Å². The van der Waals surface area contributed by atoms with Gasteiger partial charge in [-0.15, -0.1) is 0 Å². The lowest BCUT2D eigenvalue weighted by molar-refractivity contribution is 0.133. The van der Waals surface area contributed by atoms with E-state index < -0.39 is 0 Å². The van der Waals surface area contributed by atoms with Crippen molar-refractivity contribution in [3.63, 3.8) is 0 Å². The molecule has 1 heterocycles. The van der Waals surface area contributed by atoms with E-state index in [1.54, 1.807) is 0 Å². The Bertz CT molecular complexity index is 358. The predicted octanol–water partition coefficient (Wildman–Crippen LogP) is 2.57. The molecule has 1 aromatic rings. The molecule has 2 rings (SSSR count). The Balaban J connectivity index is 1.97. The number of nitrogens with zero attached hydrogens (tertiary/aromatic N) is 1. The quantitative estimate of drug-likeness (QED) is 0.861. The number of hydrogen-bond acceptors (Lipinski definition) is 2. The van der Waals surface area contributed by atoms with Crippen molar-refractivity contribution < 1.29 is 0 Å². The van der Waals surface area contributed by atoms with Crippen LogP contribution < -0.4 is 5.32 Å². The van der Waals surface area contributed by atoms with Crippen LogP contribution >= 0.6 is 0 Å². The van der Waals surface area contributed by atoms with E-state index in [1.807, 2.05) is 0 Å². The van der Waals surface area contributed by atoms with E-state index in [1.165, 1.54) is 17.5 Å². The summed E-state index contributed by atoms with van der Waals surface area (Å²) in [6, 6.07) is 8.91. The van der Waals surface area contributed by atoms with Crippen molar-refractivity contribution in [2.45, 2.75) is 39.3 Å². The van der Waals surface area contributed by atoms with Gasteiger partial charge in [-0.2, -0.15) is 0 Å². The van der Waals surface area contributed by atoms with Crippen LogP contribution in [0.1, 0.15) is 31.4 Å². The minimum atomic E-state index is 0.295. The molecule has 0 spiro atoms. The molecule has 1 fully saturated rings. The summed E-state index contributed by atoms with van der Waals surface area (Å²) in [7, 11) is 0. The van der Waals surface area contributed by atoms with Gasteiger partial charge in [-0.3, -0.25) is 4.90 Å². The average molecular weight is 232 g/mol. The van der Waals surface area contributed by atoms with Crippen LogP contribution in [0.5, 0.6) is 0 Å². The molecule has 1 unspecified atom stereocenters. The third-order valence-electron chi connectivity index (χ3n) is 3.86. The molecule has 0 aromatic heterocycles. The lowest BCUT2D eigenvalue weighted by atomic mass is 9.95. The van der Waals surface area contributed by atoms with Gasteiger partial charge in [-0.05, 0) is 25.8 Å². The number of nitrogens with one attached hydrogen (secondary N) is 1. The first-order valence-electron chi connectivity index (χ1n) is 6.64. The van der Waals surface area contributed by atoms with Crippen molar-refractivity contribution >= 4 is 0 Å². The Hall–Kier alpha value is -0.860. The summed E-state index contributed by atoms with van der Waals surface area (Å²) < 4.78 is 0. The van der Waals surface area contributed by atoms with Gasteiger partial charge in [-0.25, -0.2) is 0 Å². The van der Waals surface area contributed by atoms with E-state index in [4.69, 9.17) is 0 Å². The minimum absolute atomic E-state index is 0.295. The lowest BCUT2D eigenvalue weighted by Gasteiger charge is -2.41. The molecule has 2 heteroatoms. The van der Waals surface area contributed by atoms with Crippen molar-refractivity contribution in [2.24, 2.45) is 0 Å². The van der Waals surface area contributed by atoms with Crippen LogP contribution in [-0.4, -0.2) is 30.1 Å². The maximum Gasteiger partial charge on any atom is 0.0278 e. The zero-order valence-corrected chi connectivity index (χ0v) is 11.3. The Morgan fingerprint density at radius 1 is 1.29 bits per heavy atom. The van der Waals surface area contributed by atoms with Gasteiger partial charge in [0.1, 0.15) is 0 Å². The average Bonchev–Trinajstić information content (AvgIpc) is 2.32. The van der Waals surface area contributed by atoms with E-state index in [2.05, 4.69) is 55.3 Å². The molecule has 1 aliphatic rings. The first kappa shape index (κ1) is 12.6. The van der Waals surface area contributed by atoms with Gasteiger partial charge in [0.05, 0.1) is 0 Å². The van der Waals surface area contributed by atoms with Crippen molar-refractivity contribution in [1.29, 1.82) is 0 Å². The molecule has 0 radical (unpaired) electrons. The van der Waals surface area contributed by atoms with Crippen molar-refractivity contribution in [1.82, 2.24) is 10.2 Å². The molecule has 1 atom stereocenters. The first-order valence-corrected chi connectivity index (χ1v) is 6.64. The van der Waals surface area contributed by atoms with Gasteiger partial charge in [0.15, 0.2) is 0 Å². The van der Waals surface area contributed by atoms with Crippen LogP contribution in [0.25, 0.3) is 0 Å². The number of piperazine rings is 1. The SMILES string of the molecule is CCC1(C)CN(Cc2ccc(C)cc2)CCN1.